The molecule has 27 heavy (non-hydrogen) atoms. The van der Waals surface area contributed by atoms with E-state index in [9.17, 15) is 18.0 Å². The van der Waals surface area contributed by atoms with E-state index in [1.54, 1.807) is 0 Å². The minimum absolute atomic E-state index is 0.112. The smallest absolute Gasteiger partial charge is 0.299 e. The van der Waals surface area contributed by atoms with E-state index in [-0.39, 0.29) is 29.5 Å². The van der Waals surface area contributed by atoms with E-state index in [0.29, 0.717) is 29.6 Å². The summed E-state index contributed by atoms with van der Waals surface area (Å²) >= 11 is 0. The van der Waals surface area contributed by atoms with Crippen LogP contribution in [-0.4, -0.2) is 30.6 Å². The largest absolute Gasteiger partial charge is 0.398 e. The molecule has 0 bridgehead atoms. The zero-order valence-electron chi connectivity index (χ0n) is 15.9. The maximum Gasteiger partial charge on any atom is 0.398 e. The summed E-state index contributed by atoms with van der Waals surface area (Å²) in [5.74, 6) is 1.16. The van der Waals surface area contributed by atoms with Crippen molar-refractivity contribution in [1.82, 2.24) is 0 Å². The third-order valence-electron chi connectivity index (χ3n) is 8.58. The van der Waals surface area contributed by atoms with Gasteiger partial charge in [0.1, 0.15) is 5.78 Å². The Labute approximate surface area is 160 Å². The molecule has 2 unspecified atom stereocenters. The molecule has 150 valence electrons. The Morgan fingerprint density at radius 2 is 1.81 bits per heavy atom. The highest BCUT2D eigenvalue weighted by atomic mass is 32.3. The van der Waals surface area contributed by atoms with Gasteiger partial charge in [0.2, 0.25) is 0 Å². The molecule has 4 rings (SSSR count). The summed E-state index contributed by atoms with van der Waals surface area (Å²) in [4.78, 5) is 25.0. The molecule has 0 spiro atoms. The van der Waals surface area contributed by atoms with Crippen LogP contribution in [0.5, 0.6) is 0 Å². The average molecular weight is 397 g/mol. The van der Waals surface area contributed by atoms with Crippen LogP contribution in [0.25, 0.3) is 0 Å². The first-order chi connectivity index (χ1) is 12.5. The fourth-order valence-corrected chi connectivity index (χ4v) is 7.54. The molecule has 0 radical (unpaired) electrons. The average Bonchev–Trinajstić information content (AvgIpc) is 2.88. The van der Waals surface area contributed by atoms with E-state index in [1.165, 1.54) is 0 Å². The molecular formula is C20H28O6S. The summed E-state index contributed by atoms with van der Waals surface area (Å²) in [6.07, 6.45) is 4.11. The number of rotatable bonds is 2. The zero-order chi connectivity index (χ0) is 19.8. The molecule has 0 aromatic rings. The lowest BCUT2D eigenvalue weighted by molar-refractivity contribution is -0.142. The summed E-state index contributed by atoms with van der Waals surface area (Å²) in [6, 6.07) is 0. The molecule has 4 aliphatic carbocycles. The first-order valence-electron chi connectivity index (χ1n) is 9.89. The van der Waals surface area contributed by atoms with Crippen LogP contribution >= 0.6 is 0 Å². The lowest BCUT2D eigenvalue weighted by atomic mass is 9.44. The molecule has 4 fully saturated rings. The third kappa shape index (κ3) is 2.69. The van der Waals surface area contributed by atoms with Crippen molar-refractivity contribution in [2.45, 2.75) is 64.9 Å². The molecule has 0 aliphatic heterocycles. The first kappa shape index (κ1) is 19.3. The van der Waals surface area contributed by atoms with Gasteiger partial charge >= 0.3 is 10.4 Å². The van der Waals surface area contributed by atoms with Gasteiger partial charge in [-0.15, -0.1) is 0 Å². The standard InChI is InChI=1S/C20H28O6S/c1-11-18(26-27(23,24)25)16(21)10-12-4-5-13-14-6-7-17(22)19(14,2)9-8-15(13)20(11,12)3/h12-15,18H,1,4-10H2,2-3H3,(H,23,24,25)/t12?,13-,14-,15-,18?,19-,20-/m0/s1. The van der Waals surface area contributed by atoms with Gasteiger partial charge in [-0.1, -0.05) is 20.4 Å². The summed E-state index contributed by atoms with van der Waals surface area (Å²) in [5.41, 5.74) is -0.177. The first-order valence-corrected chi connectivity index (χ1v) is 11.3. The number of Topliss-reactive ketones (excluding diaryl/α,β-unsaturated/α-hetero) is 2. The van der Waals surface area contributed by atoms with Crippen molar-refractivity contribution in [1.29, 1.82) is 0 Å². The van der Waals surface area contributed by atoms with Crippen LogP contribution in [0.1, 0.15) is 58.8 Å². The lowest BCUT2D eigenvalue weighted by Gasteiger charge is -2.60. The summed E-state index contributed by atoms with van der Waals surface area (Å²) in [6.45, 7) is 8.31. The Hall–Kier alpha value is -1.05. The number of ketones is 2. The van der Waals surface area contributed by atoms with Crippen LogP contribution in [0.15, 0.2) is 12.2 Å². The summed E-state index contributed by atoms with van der Waals surface area (Å²) in [7, 11) is -4.74. The van der Waals surface area contributed by atoms with Crippen LogP contribution in [0.4, 0.5) is 0 Å². The van der Waals surface area contributed by atoms with Crippen LogP contribution in [0.2, 0.25) is 0 Å². The van der Waals surface area contributed by atoms with Gasteiger partial charge in [-0.3, -0.25) is 14.1 Å². The van der Waals surface area contributed by atoms with Gasteiger partial charge in [0.25, 0.3) is 0 Å². The molecule has 7 atom stereocenters. The Morgan fingerprint density at radius 1 is 1.11 bits per heavy atom. The van der Waals surface area contributed by atoms with Crippen molar-refractivity contribution in [3.8, 4) is 0 Å². The van der Waals surface area contributed by atoms with Crippen molar-refractivity contribution >= 4 is 22.0 Å². The number of hydrogen-bond acceptors (Lipinski definition) is 5. The number of fused-ring (bicyclic) bond motifs is 5. The molecule has 6 nitrogen and oxygen atoms in total. The molecule has 1 N–H and O–H groups in total. The van der Waals surface area contributed by atoms with Gasteiger partial charge in [0.05, 0.1) is 0 Å². The zero-order valence-corrected chi connectivity index (χ0v) is 16.8. The Balaban J connectivity index is 1.69. The summed E-state index contributed by atoms with van der Waals surface area (Å²) < 4.78 is 36.4. The van der Waals surface area contributed by atoms with Crippen LogP contribution in [-0.2, 0) is 24.2 Å². The molecule has 4 aliphatic rings. The van der Waals surface area contributed by atoms with Gasteiger partial charge in [-0.05, 0) is 66.8 Å². The minimum atomic E-state index is -4.74. The van der Waals surface area contributed by atoms with E-state index in [2.05, 4.69) is 20.4 Å². The van der Waals surface area contributed by atoms with E-state index in [1.807, 2.05) is 0 Å². The highest BCUT2D eigenvalue weighted by Gasteiger charge is 2.62. The Kier molecular flexibility index (Phi) is 4.26. The van der Waals surface area contributed by atoms with Gasteiger partial charge in [0.15, 0.2) is 11.9 Å². The molecule has 0 saturated heterocycles. The number of carbonyl (C=O) groups excluding carboxylic acids is 2. The third-order valence-corrected chi connectivity index (χ3v) is 9.01. The fraction of sp³-hybridized carbons (Fsp3) is 0.800. The molecule has 0 aromatic heterocycles. The maximum absolute atomic E-state index is 12.5. The lowest BCUT2D eigenvalue weighted by Crippen LogP contribution is -2.57. The molecule has 4 saturated carbocycles. The van der Waals surface area contributed by atoms with Crippen LogP contribution in [0.3, 0.4) is 0 Å². The number of hydrogen-bond donors (Lipinski definition) is 1. The highest BCUT2D eigenvalue weighted by Crippen LogP contribution is 2.66. The molecule has 0 amide bonds. The second-order valence-corrected chi connectivity index (χ2v) is 10.5. The Bertz CT molecular complexity index is 816. The van der Waals surface area contributed by atoms with Crippen molar-refractivity contribution in [2.75, 3.05) is 0 Å². The topological polar surface area (TPSA) is 97.7 Å². The van der Waals surface area contributed by atoms with Gasteiger partial charge < -0.3 is 0 Å². The van der Waals surface area contributed by atoms with Gasteiger partial charge in [0, 0.05) is 18.3 Å². The van der Waals surface area contributed by atoms with Crippen molar-refractivity contribution in [3.63, 3.8) is 0 Å². The van der Waals surface area contributed by atoms with E-state index in [4.69, 9.17) is 8.74 Å². The number of carbonyl (C=O) groups is 2. The molecule has 0 heterocycles. The fourth-order valence-electron chi connectivity index (χ4n) is 7.08. The van der Waals surface area contributed by atoms with Gasteiger partial charge in [-0.25, -0.2) is 4.18 Å². The molecule has 7 heteroatoms. The second-order valence-electron chi connectivity index (χ2n) is 9.45. The normalized spacial score (nSPS) is 47.4. The second kappa shape index (κ2) is 5.97. The maximum atomic E-state index is 12.5. The van der Waals surface area contributed by atoms with Crippen molar-refractivity contribution in [2.24, 2.45) is 34.5 Å². The molecule has 0 aromatic carbocycles. The predicted octanol–water partition coefficient (Wildman–Crippen LogP) is 3.13. The Morgan fingerprint density at radius 3 is 2.48 bits per heavy atom. The van der Waals surface area contributed by atoms with E-state index < -0.39 is 21.9 Å². The SMILES string of the molecule is C=C1C(OS(=O)(=O)O)C(=O)CC2CC[C@@H]3[C@H](CC[C@]4(C)C(=O)CC[C@@H]34)[C@@]12C. The highest BCUT2D eigenvalue weighted by molar-refractivity contribution is 7.80. The minimum Gasteiger partial charge on any atom is -0.299 e. The van der Waals surface area contributed by atoms with Crippen molar-refractivity contribution in [3.05, 3.63) is 12.2 Å². The van der Waals surface area contributed by atoms with E-state index >= 15 is 0 Å². The quantitative estimate of drug-likeness (QED) is 0.569. The molecular weight excluding hydrogens is 368 g/mol. The van der Waals surface area contributed by atoms with Gasteiger partial charge in [-0.2, -0.15) is 8.42 Å². The summed E-state index contributed by atoms with van der Waals surface area (Å²) in [5, 5.41) is 0. The van der Waals surface area contributed by atoms with Crippen LogP contribution in [0, 0.1) is 34.5 Å². The van der Waals surface area contributed by atoms with E-state index in [0.717, 1.165) is 32.1 Å². The monoisotopic (exact) mass is 396 g/mol. The predicted molar refractivity (Wildman–Crippen MR) is 98.1 cm³/mol. The van der Waals surface area contributed by atoms with Crippen LogP contribution < -0.4 is 0 Å². The van der Waals surface area contributed by atoms with Crippen molar-refractivity contribution < 1.29 is 26.7 Å².